The van der Waals surface area contributed by atoms with Crippen molar-refractivity contribution in [2.24, 2.45) is 0 Å². The van der Waals surface area contributed by atoms with Crippen molar-refractivity contribution in [3.8, 4) is 5.75 Å². The second kappa shape index (κ2) is 7.44. The molecular weight excluding hydrogens is 395 g/mol. The Hall–Kier alpha value is -2.85. The number of benzene rings is 1. The number of aromatic nitrogens is 1. The summed E-state index contributed by atoms with van der Waals surface area (Å²) in [6, 6.07) is -0.286. The number of hydrogen-bond donors (Lipinski definition) is 4. The van der Waals surface area contributed by atoms with Crippen LogP contribution in [0.3, 0.4) is 0 Å². The highest BCUT2D eigenvalue weighted by Crippen LogP contribution is 2.46. The standard InChI is InChI=1S/C20H25FN4O5/c1-23-11-8-24(6-5-12(11)26)17-14(21)15(22)13-16(19(17)30-2)25(9-3-4-9)7-10(18(13)27)20(28)29/h7,9,11-12,23,26H,3-6,8,22H2,1-2H3,(H,28,29). The summed E-state index contributed by atoms with van der Waals surface area (Å²) in [7, 11) is 3.10. The van der Waals surface area contributed by atoms with E-state index in [1.54, 1.807) is 16.5 Å². The van der Waals surface area contributed by atoms with Gasteiger partial charge in [0.2, 0.25) is 5.43 Å². The second-order valence-electron chi connectivity index (χ2n) is 7.85. The minimum atomic E-state index is -1.39. The van der Waals surface area contributed by atoms with Crippen molar-refractivity contribution in [2.75, 3.05) is 37.9 Å². The van der Waals surface area contributed by atoms with Gasteiger partial charge in [-0.3, -0.25) is 4.79 Å². The first kappa shape index (κ1) is 20.4. The number of aromatic carboxylic acids is 1. The number of carboxylic acid groups (broad SMARTS) is 1. The number of ether oxygens (including phenoxy) is 1. The zero-order valence-corrected chi connectivity index (χ0v) is 16.8. The quantitative estimate of drug-likeness (QED) is 0.526. The van der Waals surface area contributed by atoms with Gasteiger partial charge in [-0.15, -0.1) is 0 Å². The van der Waals surface area contributed by atoms with Crippen LogP contribution in [-0.2, 0) is 0 Å². The SMILES string of the molecule is CNC1CN(c2c(F)c(N)c3c(=O)c(C(=O)O)cn(C4CC4)c3c2OC)CCC1O. The lowest BCUT2D eigenvalue weighted by atomic mass is 10.00. The highest BCUT2D eigenvalue weighted by atomic mass is 19.1. The van der Waals surface area contributed by atoms with E-state index in [4.69, 9.17) is 10.5 Å². The van der Waals surface area contributed by atoms with Crippen LogP contribution in [0.5, 0.6) is 5.75 Å². The number of methoxy groups -OCH3 is 1. The summed E-state index contributed by atoms with van der Waals surface area (Å²) in [5.41, 5.74) is 4.81. The van der Waals surface area contributed by atoms with E-state index in [0.29, 0.717) is 25.0 Å². The van der Waals surface area contributed by atoms with Crippen molar-refractivity contribution in [1.82, 2.24) is 9.88 Å². The Kier molecular flexibility index (Phi) is 5.07. The van der Waals surface area contributed by atoms with Crippen molar-refractivity contribution in [1.29, 1.82) is 0 Å². The lowest BCUT2D eigenvalue weighted by Crippen LogP contribution is -2.53. The van der Waals surface area contributed by atoms with E-state index in [1.807, 2.05) is 0 Å². The van der Waals surface area contributed by atoms with Crippen molar-refractivity contribution in [3.63, 3.8) is 0 Å². The fourth-order valence-electron chi connectivity index (χ4n) is 4.26. The molecule has 30 heavy (non-hydrogen) atoms. The molecule has 2 unspecified atom stereocenters. The van der Waals surface area contributed by atoms with Gasteiger partial charge in [0.1, 0.15) is 11.3 Å². The topological polar surface area (TPSA) is 130 Å². The zero-order chi connectivity index (χ0) is 21.7. The number of hydrogen-bond acceptors (Lipinski definition) is 7. The number of aliphatic hydroxyl groups is 1. The largest absolute Gasteiger partial charge is 0.492 e. The number of nitrogens with two attached hydrogens (primary N) is 1. The number of piperidine rings is 1. The molecular formula is C20H25FN4O5. The molecule has 2 fully saturated rings. The monoisotopic (exact) mass is 420 g/mol. The first-order valence-electron chi connectivity index (χ1n) is 9.87. The molecule has 0 spiro atoms. The molecule has 1 aromatic heterocycles. The molecule has 2 aromatic rings. The van der Waals surface area contributed by atoms with Gasteiger partial charge in [0, 0.05) is 25.3 Å². The van der Waals surface area contributed by atoms with Crippen LogP contribution >= 0.6 is 0 Å². The van der Waals surface area contributed by atoms with E-state index in [0.717, 1.165) is 12.8 Å². The van der Waals surface area contributed by atoms with Gasteiger partial charge < -0.3 is 35.5 Å². The lowest BCUT2D eigenvalue weighted by molar-refractivity contribution is 0.0694. The Balaban J connectivity index is 2.03. The van der Waals surface area contributed by atoms with Gasteiger partial charge in [-0.1, -0.05) is 0 Å². The minimum Gasteiger partial charge on any atom is -0.492 e. The van der Waals surface area contributed by atoms with Gasteiger partial charge in [-0.05, 0) is 26.3 Å². The lowest BCUT2D eigenvalue weighted by Gasteiger charge is -2.38. The summed E-state index contributed by atoms with van der Waals surface area (Å²) >= 11 is 0. The van der Waals surface area contributed by atoms with Crippen LogP contribution in [0.4, 0.5) is 15.8 Å². The number of nitrogens with zero attached hydrogens (tertiary/aromatic N) is 2. The van der Waals surface area contributed by atoms with E-state index in [1.165, 1.54) is 13.3 Å². The van der Waals surface area contributed by atoms with Crippen molar-refractivity contribution >= 4 is 28.2 Å². The summed E-state index contributed by atoms with van der Waals surface area (Å²) in [4.78, 5) is 26.2. The Bertz CT molecular complexity index is 1080. The summed E-state index contributed by atoms with van der Waals surface area (Å²) in [5, 5.41) is 22.5. The van der Waals surface area contributed by atoms with Gasteiger partial charge in [-0.2, -0.15) is 0 Å². The number of pyridine rings is 1. The molecule has 0 amide bonds. The Morgan fingerprint density at radius 3 is 2.63 bits per heavy atom. The average Bonchev–Trinajstić information content (AvgIpc) is 3.56. The summed E-state index contributed by atoms with van der Waals surface area (Å²) in [6.07, 6.45) is 2.76. The molecule has 162 valence electrons. The third-order valence-corrected chi connectivity index (χ3v) is 6.02. The molecule has 9 nitrogen and oxygen atoms in total. The normalized spacial score (nSPS) is 21.8. The maximum Gasteiger partial charge on any atom is 0.341 e. The maximum atomic E-state index is 15.5. The average molecular weight is 420 g/mol. The predicted molar refractivity (Wildman–Crippen MR) is 110 cm³/mol. The third-order valence-electron chi connectivity index (χ3n) is 6.02. The summed E-state index contributed by atoms with van der Waals surface area (Å²) in [6.45, 7) is 0.690. The minimum absolute atomic E-state index is 0.00829. The maximum absolute atomic E-state index is 15.5. The summed E-state index contributed by atoms with van der Waals surface area (Å²) in [5.74, 6) is -2.07. The second-order valence-corrected chi connectivity index (χ2v) is 7.85. The van der Waals surface area contributed by atoms with Crippen LogP contribution in [-0.4, -0.2) is 60.1 Å². The van der Waals surface area contributed by atoms with Gasteiger partial charge >= 0.3 is 5.97 Å². The molecule has 0 radical (unpaired) electrons. The van der Waals surface area contributed by atoms with Crippen LogP contribution in [0.1, 0.15) is 35.7 Å². The molecule has 1 aliphatic heterocycles. The number of anilines is 2. The number of carboxylic acids is 1. The molecule has 5 N–H and O–H groups in total. The van der Waals surface area contributed by atoms with Gasteiger partial charge in [0.05, 0.1) is 35.8 Å². The van der Waals surface area contributed by atoms with E-state index >= 15 is 4.39 Å². The fourth-order valence-corrected chi connectivity index (χ4v) is 4.26. The van der Waals surface area contributed by atoms with Crippen molar-refractivity contribution in [3.05, 3.63) is 27.8 Å². The number of nitrogen functional groups attached to an aromatic ring is 1. The number of fused-ring (bicyclic) bond motifs is 1. The predicted octanol–water partition coefficient (Wildman–Crippen LogP) is 0.923. The van der Waals surface area contributed by atoms with Gasteiger partial charge in [-0.25, -0.2) is 9.18 Å². The third kappa shape index (κ3) is 3.07. The molecule has 0 bridgehead atoms. The van der Waals surface area contributed by atoms with Crippen molar-refractivity contribution < 1.29 is 24.1 Å². The van der Waals surface area contributed by atoms with E-state index in [2.05, 4.69) is 5.32 Å². The highest BCUT2D eigenvalue weighted by Gasteiger charge is 2.35. The number of rotatable bonds is 5. The van der Waals surface area contributed by atoms with Crippen LogP contribution in [0.15, 0.2) is 11.0 Å². The molecule has 2 aliphatic rings. The molecule has 1 aliphatic carbocycles. The van der Waals surface area contributed by atoms with Crippen molar-refractivity contribution in [2.45, 2.75) is 37.5 Å². The number of carbonyl (C=O) groups is 1. The molecule has 4 rings (SSSR count). The Labute approximate surface area is 171 Å². The first-order valence-corrected chi connectivity index (χ1v) is 9.87. The highest BCUT2D eigenvalue weighted by molar-refractivity contribution is 6.03. The Morgan fingerprint density at radius 1 is 1.37 bits per heavy atom. The van der Waals surface area contributed by atoms with E-state index in [9.17, 15) is 19.8 Å². The molecule has 10 heteroatoms. The summed E-state index contributed by atoms with van der Waals surface area (Å²) < 4.78 is 22.8. The molecule has 2 atom stereocenters. The molecule has 2 heterocycles. The van der Waals surface area contributed by atoms with Crippen LogP contribution in [0.2, 0.25) is 0 Å². The van der Waals surface area contributed by atoms with Crippen LogP contribution in [0.25, 0.3) is 10.9 Å². The van der Waals surface area contributed by atoms with Crippen LogP contribution < -0.4 is 26.1 Å². The number of nitrogens with one attached hydrogen (secondary N) is 1. The fraction of sp³-hybridized carbons (Fsp3) is 0.500. The number of halogens is 1. The zero-order valence-electron chi connectivity index (χ0n) is 16.8. The van der Waals surface area contributed by atoms with E-state index < -0.39 is 34.6 Å². The molecule has 1 saturated heterocycles. The number of aliphatic hydroxyl groups excluding tert-OH is 1. The van der Waals surface area contributed by atoms with Gasteiger partial charge in [0.25, 0.3) is 0 Å². The van der Waals surface area contributed by atoms with Crippen LogP contribution in [0, 0.1) is 5.82 Å². The molecule has 1 aromatic carbocycles. The van der Waals surface area contributed by atoms with Gasteiger partial charge in [0.15, 0.2) is 11.6 Å². The first-order chi connectivity index (χ1) is 14.3. The molecule has 1 saturated carbocycles. The number of likely N-dealkylation sites (N-methyl/N-ethyl adjacent to an activating group) is 1. The Morgan fingerprint density at radius 2 is 2.07 bits per heavy atom. The smallest absolute Gasteiger partial charge is 0.341 e. The van der Waals surface area contributed by atoms with E-state index in [-0.39, 0.29) is 28.9 Å².